The molecule has 0 bridgehead atoms. The van der Waals surface area contributed by atoms with Gasteiger partial charge >= 0.3 is 46.9 Å². The molecule has 0 amide bonds. The molecule has 0 aliphatic rings. The van der Waals surface area contributed by atoms with Crippen molar-refractivity contribution < 1.29 is 46.9 Å². The van der Waals surface area contributed by atoms with Gasteiger partial charge in [-0.15, -0.1) is 0 Å². The quantitative estimate of drug-likeness (QED) is 0.128. The smallest absolute Gasteiger partial charge is 0.251 e. The van der Waals surface area contributed by atoms with Crippen molar-refractivity contribution in [3.8, 4) is 22.3 Å². The van der Waals surface area contributed by atoms with E-state index in [0.29, 0.717) is 0 Å². The SMILES string of the molecule is Cc1c(C)c(C)[c-](C)c1C.Cc1c(C)c(C)[c-](C)c1C.Cc1cc(-c2ccccc2)c2ccc3c(-c4ccccc4)cc(C)nc3c2n1.Cc1ccccc1.[Yb+2]. The fourth-order valence-corrected chi connectivity index (χ4v) is 7.29. The number of fused-ring (bicyclic) bond motifs is 3. The predicted octanol–water partition coefficient (Wildman–Crippen LogP) is 14.6. The Morgan fingerprint density at radius 3 is 0.893 bits per heavy atom. The standard InChI is InChI=1S/C26H20N2.2C10H15.C7H8.Yb/c1-17-15-23(19-9-5-3-6-10-19)21-13-14-22-24(20-11-7-4-8-12-20)16-18(2)28-26(22)25(21)27-17;2*1-6-7(2)9(4)10(5)8(6)3;1-7-5-3-2-4-6-7;/h3-16H,1-2H3;2*1-5H3;2-6H,1H3;/q;2*-1;;+2. The van der Waals surface area contributed by atoms with Crippen LogP contribution in [0.1, 0.15) is 72.6 Å². The number of nitrogens with zero attached hydrogens (tertiary/aromatic N) is 2. The van der Waals surface area contributed by atoms with Crippen LogP contribution < -0.4 is 0 Å². The fraction of sp³-hybridized carbons (Fsp3) is 0.245. The third-order valence-corrected chi connectivity index (χ3v) is 11.7. The van der Waals surface area contributed by atoms with Crippen molar-refractivity contribution in [1.29, 1.82) is 0 Å². The van der Waals surface area contributed by atoms with Gasteiger partial charge in [0.1, 0.15) is 0 Å². The molecule has 0 radical (unpaired) electrons. The van der Waals surface area contributed by atoms with Gasteiger partial charge in [-0.25, -0.2) is 0 Å². The second-order valence-electron chi connectivity index (χ2n) is 15.1. The van der Waals surface area contributed by atoms with E-state index in [1.165, 1.54) is 83.5 Å². The van der Waals surface area contributed by atoms with Crippen LogP contribution in [0.5, 0.6) is 0 Å². The van der Waals surface area contributed by atoms with Crippen LogP contribution in [0, 0.1) is 137 Å². The Bertz CT molecular complexity index is 2210. The molecular weight excluding hydrogens is 838 g/mol. The molecule has 3 heteroatoms. The zero-order valence-electron chi connectivity index (χ0n) is 35.6. The minimum Gasteiger partial charge on any atom is -0.251 e. The number of benzene rings is 4. The Kier molecular flexibility index (Phi) is 15.8. The van der Waals surface area contributed by atoms with Crippen LogP contribution in [0.2, 0.25) is 0 Å². The van der Waals surface area contributed by atoms with Crippen LogP contribution in [-0.4, -0.2) is 9.97 Å². The summed E-state index contributed by atoms with van der Waals surface area (Å²) in [4.78, 5) is 9.81. The molecule has 0 unspecified atom stereocenters. The second-order valence-corrected chi connectivity index (χ2v) is 15.1. The minimum atomic E-state index is 0. The normalized spacial score (nSPS) is 10.4. The first-order chi connectivity index (χ1) is 26.2. The Morgan fingerprint density at radius 2 is 0.661 bits per heavy atom. The van der Waals surface area contributed by atoms with E-state index in [-0.39, 0.29) is 46.9 Å². The molecule has 2 nitrogen and oxygen atoms in total. The van der Waals surface area contributed by atoms with Crippen LogP contribution in [0.25, 0.3) is 44.1 Å². The summed E-state index contributed by atoms with van der Waals surface area (Å²) in [6.45, 7) is 28.2. The predicted molar refractivity (Wildman–Crippen MR) is 240 cm³/mol. The molecule has 6 aromatic carbocycles. The van der Waals surface area contributed by atoms with Gasteiger partial charge in [0.2, 0.25) is 0 Å². The Balaban J connectivity index is 0.000000203. The Morgan fingerprint density at radius 1 is 0.375 bits per heavy atom. The van der Waals surface area contributed by atoms with Gasteiger partial charge in [0.05, 0.1) is 11.0 Å². The van der Waals surface area contributed by atoms with Crippen molar-refractivity contribution in [3.05, 3.63) is 188 Å². The van der Waals surface area contributed by atoms with Crippen LogP contribution in [0.4, 0.5) is 0 Å². The monoisotopic (exact) mass is 896 g/mol. The number of pyridine rings is 2. The molecule has 0 atom stereocenters. The molecule has 0 fully saturated rings. The molecule has 2 heterocycles. The molecule has 0 saturated heterocycles. The molecule has 8 rings (SSSR count). The van der Waals surface area contributed by atoms with Gasteiger partial charge in [-0.3, -0.25) is 9.97 Å². The van der Waals surface area contributed by atoms with Gasteiger partial charge < -0.3 is 0 Å². The summed E-state index contributed by atoms with van der Waals surface area (Å²) in [5, 5.41) is 2.28. The number of aryl methyl sites for hydroxylation is 3. The van der Waals surface area contributed by atoms with Crippen molar-refractivity contribution >= 4 is 21.8 Å². The van der Waals surface area contributed by atoms with E-state index in [9.17, 15) is 0 Å². The summed E-state index contributed by atoms with van der Waals surface area (Å²) < 4.78 is 0. The van der Waals surface area contributed by atoms with E-state index in [2.05, 4.69) is 175 Å². The van der Waals surface area contributed by atoms with Gasteiger partial charge in [-0.2, -0.15) is 55.6 Å². The van der Waals surface area contributed by atoms with Crippen molar-refractivity contribution in [2.24, 2.45) is 0 Å². The maximum absolute atomic E-state index is 4.90. The van der Waals surface area contributed by atoms with Crippen LogP contribution in [0.15, 0.2) is 115 Å². The largest absolute Gasteiger partial charge is 2.00 e. The summed E-state index contributed by atoms with van der Waals surface area (Å²) in [5.41, 5.74) is 24.8. The van der Waals surface area contributed by atoms with E-state index < -0.39 is 0 Å². The first-order valence-corrected chi connectivity index (χ1v) is 19.4. The molecule has 0 aliphatic heterocycles. The molecule has 0 saturated carbocycles. The van der Waals surface area contributed by atoms with Gasteiger partial charge in [-0.1, -0.05) is 178 Å². The molecule has 8 aromatic rings. The summed E-state index contributed by atoms with van der Waals surface area (Å²) in [7, 11) is 0. The second kappa shape index (κ2) is 19.9. The minimum absolute atomic E-state index is 0. The Hall–Kier alpha value is -4.08. The zero-order valence-corrected chi connectivity index (χ0v) is 37.3. The van der Waals surface area contributed by atoms with Crippen LogP contribution >= 0.6 is 0 Å². The molecule has 0 spiro atoms. The summed E-state index contributed by atoms with van der Waals surface area (Å²) in [5.74, 6) is 0. The van der Waals surface area contributed by atoms with E-state index in [0.717, 1.165) is 33.2 Å². The zero-order chi connectivity index (χ0) is 40.0. The molecular formula is C53H58N2Yb. The summed E-state index contributed by atoms with van der Waals surface area (Å²) in [6.07, 6.45) is 0. The first-order valence-electron chi connectivity index (χ1n) is 19.4. The molecule has 0 N–H and O–H groups in total. The van der Waals surface area contributed by atoms with Crippen LogP contribution in [0.3, 0.4) is 0 Å². The average Bonchev–Trinajstić information content (AvgIpc) is 3.47. The number of hydrogen-bond donors (Lipinski definition) is 0. The molecule has 294 valence electrons. The van der Waals surface area contributed by atoms with E-state index in [1.807, 2.05) is 30.3 Å². The summed E-state index contributed by atoms with van der Waals surface area (Å²) in [6, 6.07) is 40.0. The van der Waals surface area contributed by atoms with Gasteiger partial charge in [0.25, 0.3) is 0 Å². The van der Waals surface area contributed by atoms with Crippen molar-refractivity contribution in [3.63, 3.8) is 0 Å². The van der Waals surface area contributed by atoms with Crippen LogP contribution in [-0.2, 0) is 0 Å². The van der Waals surface area contributed by atoms with Gasteiger partial charge in [0, 0.05) is 22.2 Å². The molecule has 2 aromatic heterocycles. The molecule has 56 heavy (non-hydrogen) atoms. The van der Waals surface area contributed by atoms with Gasteiger partial charge in [0.15, 0.2) is 0 Å². The topological polar surface area (TPSA) is 25.8 Å². The number of hydrogen-bond acceptors (Lipinski definition) is 2. The third kappa shape index (κ3) is 10.1. The van der Waals surface area contributed by atoms with E-state index in [4.69, 9.17) is 9.97 Å². The van der Waals surface area contributed by atoms with E-state index >= 15 is 0 Å². The number of aromatic nitrogens is 2. The van der Waals surface area contributed by atoms with Gasteiger partial charge in [-0.05, 0) is 55.2 Å². The number of rotatable bonds is 2. The maximum Gasteiger partial charge on any atom is 2.00 e. The van der Waals surface area contributed by atoms with Crippen molar-refractivity contribution in [2.45, 2.75) is 90.0 Å². The Labute approximate surface area is 375 Å². The van der Waals surface area contributed by atoms with Crippen molar-refractivity contribution in [2.75, 3.05) is 0 Å². The third-order valence-electron chi connectivity index (χ3n) is 11.7. The summed E-state index contributed by atoms with van der Waals surface area (Å²) >= 11 is 0. The first kappa shape index (κ1) is 44.6. The maximum atomic E-state index is 4.90. The average molecular weight is 896 g/mol. The van der Waals surface area contributed by atoms with E-state index in [1.54, 1.807) is 0 Å². The fourth-order valence-electron chi connectivity index (χ4n) is 7.29. The van der Waals surface area contributed by atoms with Crippen molar-refractivity contribution in [1.82, 2.24) is 9.97 Å². The molecule has 0 aliphatic carbocycles.